The van der Waals surface area contributed by atoms with E-state index in [9.17, 15) is 14.4 Å². The van der Waals surface area contributed by atoms with Crippen LogP contribution in [0, 0.1) is 5.92 Å². The molecule has 3 amide bonds. The molecule has 6 nitrogen and oxygen atoms in total. The Morgan fingerprint density at radius 2 is 1.69 bits per heavy atom. The van der Waals surface area contributed by atoms with Gasteiger partial charge in [-0.1, -0.05) is 44.7 Å². The van der Waals surface area contributed by atoms with Gasteiger partial charge in [-0.05, 0) is 43.0 Å². The summed E-state index contributed by atoms with van der Waals surface area (Å²) in [6.07, 6.45) is 5.46. The smallest absolute Gasteiger partial charge is 0.251 e. The lowest BCUT2D eigenvalue weighted by molar-refractivity contribution is -0.131. The Hall–Kier alpha value is -2.08. The molecule has 0 spiro atoms. The Bertz CT molecular complexity index is 685. The summed E-state index contributed by atoms with van der Waals surface area (Å²) in [4.78, 5) is 39.5. The molecule has 1 aliphatic heterocycles. The van der Waals surface area contributed by atoms with Gasteiger partial charge in [-0.25, -0.2) is 0 Å². The van der Waals surface area contributed by atoms with Gasteiger partial charge in [0.15, 0.2) is 0 Å². The molecule has 2 atom stereocenters. The molecule has 0 saturated carbocycles. The predicted molar refractivity (Wildman–Crippen MR) is 115 cm³/mol. The molecule has 0 bridgehead atoms. The van der Waals surface area contributed by atoms with E-state index in [2.05, 4.69) is 10.6 Å². The summed E-state index contributed by atoms with van der Waals surface area (Å²) in [6.45, 7) is 5.79. The van der Waals surface area contributed by atoms with Gasteiger partial charge in [0.2, 0.25) is 11.8 Å². The minimum Gasteiger partial charge on any atom is -0.354 e. The number of benzene rings is 1. The van der Waals surface area contributed by atoms with Gasteiger partial charge in [-0.2, -0.15) is 0 Å². The minimum absolute atomic E-state index is 0.0347. The number of amides is 3. The van der Waals surface area contributed by atoms with Crippen LogP contribution in [0.1, 0.15) is 62.7 Å². The van der Waals surface area contributed by atoms with Crippen molar-refractivity contribution in [1.82, 2.24) is 15.5 Å². The molecule has 7 heteroatoms. The van der Waals surface area contributed by atoms with Gasteiger partial charge >= 0.3 is 0 Å². The maximum atomic E-state index is 12.7. The lowest BCUT2D eigenvalue weighted by Crippen LogP contribution is -2.50. The maximum Gasteiger partial charge on any atom is 0.251 e. The van der Waals surface area contributed by atoms with Gasteiger partial charge in [-0.3, -0.25) is 14.4 Å². The van der Waals surface area contributed by atoms with Crippen LogP contribution in [0.2, 0.25) is 5.02 Å². The minimum atomic E-state index is -0.656. The normalized spacial score (nSPS) is 16.4. The van der Waals surface area contributed by atoms with Crippen LogP contribution in [-0.4, -0.2) is 48.3 Å². The average Bonchev–Trinajstić information content (AvgIpc) is 3.01. The zero-order chi connectivity index (χ0) is 21.2. The van der Waals surface area contributed by atoms with Crippen LogP contribution in [0.5, 0.6) is 0 Å². The van der Waals surface area contributed by atoms with Crippen molar-refractivity contribution >= 4 is 29.3 Å². The van der Waals surface area contributed by atoms with E-state index < -0.39 is 6.04 Å². The van der Waals surface area contributed by atoms with Crippen LogP contribution in [0.15, 0.2) is 24.3 Å². The van der Waals surface area contributed by atoms with Crippen LogP contribution >= 0.6 is 11.6 Å². The van der Waals surface area contributed by atoms with Gasteiger partial charge in [0.1, 0.15) is 6.04 Å². The number of nitrogens with one attached hydrogen (secondary N) is 2. The van der Waals surface area contributed by atoms with Crippen molar-refractivity contribution in [2.45, 2.75) is 58.4 Å². The highest BCUT2D eigenvalue weighted by atomic mass is 35.5. The highest BCUT2D eigenvalue weighted by Gasteiger charge is 2.26. The number of nitrogens with zero attached hydrogens (tertiary/aromatic N) is 1. The third kappa shape index (κ3) is 7.35. The lowest BCUT2D eigenvalue weighted by Gasteiger charge is -2.24. The molecule has 0 aliphatic carbocycles. The zero-order valence-corrected chi connectivity index (χ0v) is 18.1. The molecule has 160 valence electrons. The van der Waals surface area contributed by atoms with Crippen molar-refractivity contribution in [1.29, 1.82) is 0 Å². The highest BCUT2D eigenvalue weighted by Crippen LogP contribution is 2.13. The van der Waals surface area contributed by atoms with Crippen molar-refractivity contribution in [2.75, 3.05) is 19.6 Å². The summed E-state index contributed by atoms with van der Waals surface area (Å²) in [5.41, 5.74) is 0.451. The molecule has 1 aliphatic rings. The SMILES string of the molecule is CCC(C)C(NC(=O)c1ccc(Cl)cc1)C(=O)NCCC(=O)N1CCCCCC1. The second-order valence-corrected chi connectivity index (χ2v) is 8.12. The summed E-state index contributed by atoms with van der Waals surface area (Å²) in [5.74, 6) is -0.530. The molecule has 2 unspecified atom stereocenters. The number of carbonyl (C=O) groups excluding carboxylic acids is 3. The molecule has 0 aromatic heterocycles. The summed E-state index contributed by atoms with van der Waals surface area (Å²) >= 11 is 5.87. The topological polar surface area (TPSA) is 78.5 Å². The van der Waals surface area contributed by atoms with E-state index in [4.69, 9.17) is 11.6 Å². The van der Waals surface area contributed by atoms with Gasteiger partial charge < -0.3 is 15.5 Å². The first kappa shape index (κ1) is 23.2. The summed E-state index contributed by atoms with van der Waals surface area (Å²) in [5, 5.41) is 6.20. The second kappa shape index (κ2) is 11.8. The van der Waals surface area contributed by atoms with Gasteiger partial charge in [0, 0.05) is 36.6 Å². The Morgan fingerprint density at radius 1 is 1.07 bits per heavy atom. The fourth-order valence-electron chi connectivity index (χ4n) is 3.41. The molecular weight excluding hydrogens is 390 g/mol. The molecule has 1 aromatic carbocycles. The van der Waals surface area contributed by atoms with E-state index in [0.717, 1.165) is 32.4 Å². The Morgan fingerprint density at radius 3 is 2.28 bits per heavy atom. The fourth-order valence-corrected chi connectivity index (χ4v) is 3.53. The van der Waals surface area contributed by atoms with E-state index in [1.54, 1.807) is 24.3 Å². The molecule has 1 fully saturated rings. The van der Waals surface area contributed by atoms with Crippen LogP contribution in [0.3, 0.4) is 0 Å². The van der Waals surface area contributed by atoms with E-state index in [-0.39, 0.29) is 36.6 Å². The van der Waals surface area contributed by atoms with E-state index in [1.807, 2.05) is 18.7 Å². The third-order valence-electron chi connectivity index (χ3n) is 5.49. The first-order chi connectivity index (χ1) is 13.9. The Balaban J connectivity index is 1.88. The van der Waals surface area contributed by atoms with Crippen LogP contribution in [-0.2, 0) is 9.59 Å². The molecule has 1 saturated heterocycles. The number of carbonyl (C=O) groups is 3. The summed E-state index contributed by atoms with van der Waals surface area (Å²) in [7, 11) is 0. The monoisotopic (exact) mass is 421 g/mol. The van der Waals surface area contributed by atoms with E-state index in [0.29, 0.717) is 10.6 Å². The second-order valence-electron chi connectivity index (χ2n) is 7.68. The van der Waals surface area contributed by atoms with Crippen molar-refractivity contribution in [3.8, 4) is 0 Å². The number of halogens is 1. The lowest BCUT2D eigenvalue weighted by atomic mass is 9.97. The third-order valence-corrected chi connectivity index (χ3v) is 5.74. The molecule has 1 aromatic rings. The average molecular weight is 422 g/mol. The molecule has 2 rings (SSSR count). The molecule has 29 heavy (non-hydrogen) atoms. The van der Waals surface area contributed by atoms with Crippen LogP contribution in [0.4, 0.5) is 0 Å². The number of hydrogen-bond acceptors (Lipinski definition) is 3. The standard InChI is InChI=1S/C22H32ClN3O3/c1-3-16(2)20(25-21(28)17-8-10-18(23)11-9-17)22(29)24-13-12-19(27)26-14-6-4-5-7-15-26/h8-11,16,20H,3-7,12-15H2,1-2H3,(H,24,29)(H,25,28). The fraction of sp³-hybridized carbons (Fsp3) is 0.591. The number of rotatable bonds is 8. The van der Waals surface area contributed by atoms with Crippen LogP contribution in [0.25, 0.3) is 0 Å². The predicted octanol–water partition coefficient (Wildman–Crippen LogP) is 3.39. The molecule has 0 radical (unpaired) electrons. The van der Waals surface area contributed by atoms with Gasteiger partial charge in [0.25, 0.3) is 5.91 Å². The number of hydrogen-bond donors (Lipinski definition) is 2. The molecule has 1 heterocycles. The Labute approximate surface area is 178 Å². The van der Waals surface area contributed by atoms with Crippen molar-refractivity contribution in [2.24, 2.45) is 5.92 Å². The number of likely N-dealkylation sites (tertiary alicyclic amines) is 1. The van der Waals surface area contributed by atoms with Gasteiger partial charge in [0.05, 0.1) is 0 Å². The summed E-state index contributed by atoms with van der Waals surface area (Å²) < 4.78 is 0. The molecule has 2 N–H and O–H groups in total. The molecular formula is C22H32ClN3O3. The van der Waals surface area contributed by atoms with Gasteiger partial charge in [-0.15, -0.1) is 0 Å². The largest absolute Gasteiger partial charge is 0.354 e. The van der Waals surface area contributed by atoms with E-state index in [1.165, 1.54) is 12.8 Å². The quantitative estimate of drug-likeness (QED) is 0.675. The van der Waals surface area contributed by atoms with Crippen LogP contribution < -0.4 is 10.6 Å². The van der Waals surface area contributed by atoms with Crippen molar-refractivity contribution in [3.05, 3.63) is 34.9 Å². The highest BCUT2D eigenvalue weighted by molar-refractivity contribution is 6.30. The summed E-state index contributed by atoms with van der Waals surface area (Å²) in [6, 6.07) is 5.88. The van der Waals surface area contributed by atoms with Crippen molar-refractivity contribution in [3.63, 3.8) is 0 Å². The first-order valence-corrected chi connectivity index (χ1v) is 10.9. The van der Waals surface area contributed by atoms with Crippen molar-refractivity contribution < 1.29 is 14.4 Å². The van der Waals surface area contributed by atoms with E-state index >= 15 is 0 Å². The zero-order valence-electron chi connectivity index (χ0n) is 17.4. The first-order valence-electron chi connectivity index (χ1n) is 10.5. The maximum absolute atomic E-state index is 12.7. The Kier molecular flexibility index (Phi) is 9.45.